The lowest BCUT2D eigenvalue weighted by molar-refractivity contribution is -0.128. The zero-order valence-corrected chi connectivity index (χ0v) is 18.6. The van der Waals surface area contributed by atoms with Gasteiger partial charge in [-0.25, -0.2) is 5.01 Å². The van der Waals surface area contributed by atoms with E-state index < -0.39 is 5.91 Å². The zero-order chi connectivity index (χ0) is 23.5. The Balaban J connectivity index is 1.59. The summed E-state index contributed by atoms with van der Waals surface area (Å²) in [6, 6.07) is 0. The number of aromatic amines is 1. The molecule has 0 radical (unpaired) electrons. The van der Waals surface area contributed by atoms with Gasteiger partial charge in [-0.2, -0.15) is 5.10 Å². The van der Waals surface area contributed by atoms with Crippen LogP contribution in [0.25, 0.3) is 6.08 Å². The molecular weight excluding hydrogens is 432 g/mol. The van der Waals surface area contributed by atoms with E-state index in [9.17, 15) is 19.2 Å². The number of rotatable bonds is 4. The van der Waals surface area contributed by atoms with Gasteiger partial charge in [0.05, 0.1) is 37.6 Å². The van der Waals surface area contributed by atoms with Crippen LogP contribution in [0, 0.1) is 0 Å². The average Bonchev–Trinajstić information content (AvgIpc) is 3.29. The number of allylic oxidation sites excluding steroid dienone is 2. The number of carbonyl (C=O) groups excluding carboxylic acids is 3. The van der Waals surface area contributed by atoms with Crippen molar-refractivity contribution in [3.63, 3.8) is 0 Å². The summed E-state index contributed by atoms with van der Waals surface area (Å²) < 4.78 is 11.8. The maximum Gasteiger partial charge on any atom is 0.276 e. The number of carbonyl (C=O) groups is 3. The van der Waals surface area contributed by atoms with Crippen LogP contribution in [0.3, 0.4) is 0 Å². The Morgan fingerprint density at radius 1 is 0.939 bits per heavy atom. The van der Waals surface area contributed by atoms with Crippen LogP contribution in [0.15, 0.2) is 27.6 Å². The van der Waals surface area contributed by atoms with Crippen LogP contribution >= 0.6 is 0 Å². The predicted octanol–water partition coefficient (Wildman–Crippen LogP) is -1.19. The molecule has 3 amide bonds. The monoisotopic (exact) mass is 458 g/mol. The lowest BCUT2D eigenvalue weighted by Gasteiger charge is -2.26. The fourth-order valence-corrected chi connectivity index (χ4v) is 3.80. The summed E-state index contributed by atoms with van der Waals surface area (Å²) in [6.07, 6.45) is 4.38. The van der Waals surface area contributed by atoms with Gasteiger partial charge in [0.1, 0.15) is 5.69 Å². The van der Waals surface area contributed by atoms with Crippen LogP contribution in [0.4, 0.5) is 0 Å². The van der Waals surface area contributed by atoms with Crippen molar-refractivity contribution >= 4 is 29.5 Å². The first-order chi connectivity index (χ1) is 15.9. The van der Waals surface area contributed by atoms with Gasteiger partial charge in [0, 0.05) is 40.3 Å². The van der Waals surface area contributed by atoms with Crippen molar-refractivity contribution in [2.24, 2.45) is 12.1 Å². The molecule has 0 atom stereocenters. The van der Waals surface area contributed by atoms with E-state index in [-0.39, 0.29) is 39.9 Å². The normalized spacial score (nSPS) is 20.8. The summed E-state index contributed by atoms with van der Waals surface area (Å²) in [6.45, 7) is 3.46. The predicted molar refractivity (Wildman–Crippen MR) is 117 cm³/mol. The molecule has 0 aliphatic carbocycles. The number of aromatic nitrogens is 2. The van der Waals surface area contributed by atoms with Crippen molar-refractivity contribution in [3.8, 4) is 0 Å². The van der Waals surface area contributed by atoms with Crippen LogP contribution in [-0.4, -0.2) is 108 Å². The van der Waals surface area contributed by atoms with E-state index in [1.165, 1.54) is 37.0 Å². The molecule has 2 saturated heterocycles. The van der Waals surface area contributed by atoms with E-state index in [1.54, 1.807) is 9.80 Å². The Kier molecular flexibility index (Phi) is 6.56. The second kappa shape index (κ2) is 9.55. The van der Waals surface area contributed by atoms with Crippen LogP contribution in [0.5, 0.6) is 0 Å². The molecule has 33 heavy (non-hydrogen) atoms. The third kappa shape index (κ3) is 4.52. The van der Waals surface area contributed by atoms with Gasteiger partial charge in [-0.15, -0.1) is 0 Å². The number of hydrazone groups is 1. The second-order valence-corrected chi connectivity index (χ2v) is 7.79. The quantitative estimate of drug-likeness (QED) is 0.565. The standard InChI is InChI=1S/C21H26N6O6/c1-24-18(28)14(16(22-24)20(30)26-6-10-32-11-7-26)4-3-5-15-17(23-25(2)19(15)29)21(31)27-8-12-33-13-9-27/h3-5,22H,6-13H2,1-2H3/b4-3+,15-5+. The number of hydrogen-bond acceptors (Lipinski definition) is 7. The number of amides is 3. The van der Waals surface area contributed by atoms with E-state index in [2.05, 4.69) is 10.2 Å². The van der Waals surface area contributed by atoms with Gasteiger partial charge in [0.2, 0.25) is 0 Å². The zero-order valence-electron chi connectivity index (χ0n) is 18.6. The second-order valence-electron chi connectivity index (χ2n) is 7.79. The molecular formula is C21H26N6O6. The molecule has 4 heterocycles. The van der Waals surface area contributed by atoms with Gasteiger partial charge in [0.15, 0.2) is 5.71 Å². The lowest BCUT2D eigenvalue weighted by atomic mass is 10.1. The minimum absolute atomic E-state index is 0.0423. The fraction of sp³-hybridized carbons (Fsp3) is 0.476. The molecule has 4 rings (SSSR count). The number of likely N-dealkylation sites (N-methyl/N-ethyl adjacent to an activating group) is 1. The highest BCUT2D eigenvalue weighted by molar-refractivity contribution is 6.52. The highest BCUT2D eigenvalue weighted by Crippen LogP contribution is 2.17. The number of hydrogen-bond donors (Lipinski definition) is 1. The molecule has 0 spiro atoms. The van der Waals surface area contributed by atoms with Crippen LogP contribution in [0.1, 0.15) is 16.1 Å². The summed E-state index contributed by atoms with van der Waals surface area (Å²) in [7, 11) is 3.00. The van der Waals surface area contributed by atoms with Gasteiger partial charge in [-0.1, -0.05) is 6.08 Å². The lowest BCUT2D eigenvalue weighted by Crippen LogP contribution is -2.44. The SMILES string of the molecule is CN1N=C(C(=O)N2CCOCC2)/C(=C\C=C\c2c(C(=O)N3CCOCC3)[nH]n(C)c2=O)C1=O. The Hall–Kier alpha value is -3.51. The molecule has 12 heteroatoms. The van der Waals surface area contributed by atoms with E-state index in [0.717, 1.165) is 5.01 Å². The topological polar surface area (TPSA) is 130 Å². The molecule has 2 fully saturated rings. The summed E-state index contributed by atoms with van der Waals surface area (Å²) in [5.41, 5.74) is 0.114. The third-order valence-electron chi connectivity index (χ3n) is 5.65. The number of ether oxygens (including phenoxy) is 2. The van der Waals surface area contributed by atoms with E-state index in [1.807, 2.05) is 0 Å². The molecule has 12 nitrogen and oxygen atoms in total. The number of nitrogens with zero attached hydrogens (tertiary/aromatic N) is 5. The molecule has 1 aromatic heterocycles. The van der Waals surface area contributed by atoms with Crippen molar-refractivity contribution in [3.05, 3.63) is 39.3 Å². The van der Waals surface area contributed by atoms with Gasteiger partial charge in [0.25, 0.3) is 23.3 Å². The molecule has 0 bridgehead atoms. The van der Waals surface area contributed by atoms with E-state index in [4.69, 9.17) is 9.47 Å². The van der Waals surface area contributed by atoms with Crippen molar-refractivity contribution in [1.82, 2.24) is 24.6 Å². The number of morpholine rings is 2. The molecule has 0 unspecified atom stereocenters. The first-order valence-electron chi connectivity index (χ1n) is 10.7. The fourth-order valence-electron chi connectivity index (χ4n) is 3.80. The average molecular weight is 458 g/mol. The van der Waals surface area contributed by atoms with Crippen LogP contribution in [0.2, 0.25) is 0 Å². The highest BCUT2D eigenvalue weighted by atomic mass is 16.5. The minimum atomic E-state index is -0.428. The Morgan fingerprint density at radius 3 is 2.12 bits per heavy atom. The number of nitrogens with one attached hydrogen (secondary N) is 1. The molecule has 1 aromatic rings. The third-order valence-corrected chi connectivity index (χ3v) is 5.65. The van der Waals surface area contributed by atoms with Gasteiger partial charge in [-0.05, 0) is 12.2 Å². The summed E-state index contributed by atoms with van der Waals surface area (Å²) in [5.74, 6) is -1.08. The summed E-state index contributed by atoms with van der Waals surface area (Å²) >= 11 is 0. The molecule has 3 aliphatic rings. The molecule has 0 aromatic carbocycles. The minimum Gasteiger partial charge on any atom is -0.378 e. The Morgan fingerprint density at radius 2 is 1.52 bits per heavy atom. The van der Waals surface area contributed by atoms with Crippen molar-refractivity contribution in [1.29, 1.82) is 0 Å². The van der Waals surface area contributed by atoms with Crippen molar-refractivity contribution in [2.75, 3.05) is 59.7 Å². The summed E-state index contributed by atoms with van der Waals surface area (Å²) in [5, 5.41) is 8.01. The van der Waals surface area contributed by atoms with Crippen LogP contribution < -0.4 is 5.56 Å². The molecule has 1 N–H and O–H groups in total. The largest absolute Gasteiger partial charge is 0.378 e. The molecule has 176 valence electrons. The van der Waals surface area contributed by atoms with E-state index in [0.29, 0.717) is 52.6 Å². The first kappa shape index (κ1) is 22.7. The Bertz CT molecular complexity index is 1100. The number of aryl methyl sites for hydroxylation is 1. The van der Waals surface area contributed by atoms with Gasteiger partial charge in [-0.3, -0.25) is 29.0 Å². The first-order valence-corrected chi connectivity index (χ1v) is 10.7. The van der Waals surface area contributed by atoms with Crippen molar-refractivity contribution < 1.29 is 23.9 Å². The maximum absolute atomic E-state index is 12.9. The molecule has 3 aliphatic heterocycles. The van der Waals surface area contributed by atoms with Gasteiger partial charge < -0.3 is 19.3 Å². The van der Waals surface area contributed by atoms with Crippen LogP contribution in [-0.2, 0) is 26.1 Å². The smallest absolute Gasteiger partial charge is 0.276 e. The van der Waals surface area contributed by atoms with Gasteiger partial charge >= 0.3 is 0 Å². The van der Waals surface area contributed by atoms with E-state index >= 15 is 0 Å². The molecule has 0 saturated carbocycles. The summed E-state index contributed by atoms with van der Waals surface area (Å²) in [4.78, 5) is 54.2. The maximum atomic E-state index is 12.9. The van der Waals surface area contributed by atoms with Crippen molar-refractivity contribution in [2.45, 2.75) is 0 Å². The highest BCUT2D eigenvalue weighted by Gasteiger charge is 2.34. The Labute approximate surface area is 189 Å². The number of H-pyrrole nitrogens is 1.